The van der Waals surface area contributed by atoms with Gasteiger partial charge in [0.15, 0.2) is 0 Å². The molecule has 3 atom stereocenters. The van der Waals surface area contributed by atoms with E-state index < -0.39 is 0 Å². The number of rotatable bonds is 3. The zero-order valence-electron chi connectivity index (χ0n) is 11.8. The molecule has 1 aliphatic carbocycles. The number of hydrogen-bond donors (Lipinski definition) is 1. The molecule has 1 N–H and O–H groups in total. The molecule has 2 rings (SSSR count). The topological polar surface area (TPSA) is 32.3 Å². The number of amides is 1. The molecule has 2 fully saturated rings. The Kier molecular flexibility index (Phi) is 5.93. The molecule has 0 bridgehead atoms. The minimum absolute atomic E-state index is 0. The van der Waals surface area contributed by atoms with Crippen LogP contribution >= 0.6 is 12.4 Å². The van der Waals surface area contributed by atoms with Gasteiger partial charge in [-0.15, -0.1) is 12.4 Å². The molecule has 0 aromatic rings. The third-order valence-electron chi connectivity index (χ3n) is 4.71. The molecule has 1 saturated carbocycles. The van der Waals surface area contributed by atoms with Gasteiger partial charge in [-0.25, -0.2) is 0 Å². The normalized spacial score (nSPS) is 29.9. The largest absolute Gasteiger partial charge is 0.343 e. The predicted molar refractivity (Wildman–Crippen MR) is 77.0 cm³/mol. The van der Waals surface area contributed by atoms with Crippen molar-refractivity contribution in [1.82, 2.24) is 10.2 Å². The first-order chi connectivity index (χ1) is 8.09. The van der Waals surface area contributed by atoms with Crippen molar-refractivity contribution in [3.8, 4) is 0 Å². The van der Waals surface area contributed by atoms with Gasteiger partial charge in [-0.1, -0.05) is 26.7 Å². The second-order valence-corrected chi connectivity index (χ2v) is 6.08. The Morgan fingerprint density at radius 1 is 1.33 bits per heavy atom. The number of nitrogens with zero attached hydrogens (tertiary/aromatic N) is 1. The first-order valence-electron chi connectivity index (χ1n) is 7.07. The van der Waals surface area contributed by atoms with Gasteiger partial charge < -0.3 is 10.2 Å². The Balaban J connectivity index is 0.00000162. The second-order valence-electron chi connectivity index (χ2n) is 6.08. The lowest BCUT2D eigenvalue weighted by Gasteiger charge is -2.39. The van der Waals surface area contributed by atoms with Crippen molar-refractivity contribution in [1.29, 1.82) is 0 Å². The van der Waals surface area contributed by atoms with E-state index in [4.69, 9.17) is 0 Å². The summed E-state index contributed by atoms with van der Waals surface area (Å²) in [5.41, 5.74) is 0. The summed E-state index contributed by atoms with van der Waals surface area (Å²) < 4.78 is 0. The molecule has 1 saturated heterocycles. The fourth-order valence-electron chi connectivity index (χ4n) is 3.12. The Hall–Kier alpha value is -0.280. The third-order valence-corrected chi connectivity index (χ3v) is 4.71. The van der Waals surface area contributed by atoms with Crippen LogP contribution in [0.5, 0.6) is 0 Å². The maximum atomic E-state index is 12.4. The molecule has 1 amide bonds. The monoisotopic (exact) mass is 274 g/mol. The van der Waals surface area contributed by atoms with Crippen LogP contribution in [-0.2, 0) is 4.79 Å². The van der Waals surface area contributed by atoms with Gasteiger partial charge in [0, 0.05) is 19.0 Å². The quantitative estimate of drug-likeness (QED) is 0.857. The Morgan fingerprint density at radius 2 is 2.00 bits per heavy atom. The maximum Gasteiger partial charge on any atom is 0.225 e. The zero-order chi connectivity index (χ0) is 12.4. The van der Waals surface area contributed by atoms with Crippen LogP contribution in [0.1, 0.15) is 39.5 Å². The van der Waals surface area contributed by atoms with Crippen LogP contribution in [0.2, 0.25) is 0 Å². The van der Waals surface area contributed by atoms with Gasteiger partial charge in [-0.2, -0.15) is 0 Å². The summed E-state index contributed by atoms with van der Waals surface area (Å²) in [6.45, 7) is 6.43. The number of carbonyl (C=O) groups is 1. The minimum Gasteiger partial charge on any atom is -0.343 e. The molecule has 0 radical (unpaired) electrons. The van der Waals surface area contributed by atoms with Crippen molar-refractivity contribution in [3.63, 3.8) is 0 Å². The third kappa shape index (κ3) is 3.39. The number of nitrogens with one attached hydrogen (secondary N) is 1. The molecular formula is C14H27ClN2O. The van der Waals surface area contributed by atoms with E-state index in [1.165, 1.54) is 25.7 Å². The lowest BCUT2D eigenvalue weighted by molar-refractivity contribution is -0.139. The second kappa shape index (κ2) is 6.76. The van der Waals surface area contributed by atoms with Crippen molar-refractivity contribution < 1.29 is 4.79 Å². The van der Waals surface area contributed by atoms with Crippen molar-refractivity contribution in [3.05, 3.63) is 0 Å². The summed E-state index contributed by atoms with van der Waals surface area (Å²) >= 11 is 0. The molecule has 2 aliphatic rings. The number of halogens is 1. The highest BCUT2D eigenvalue weighted by Gasteiger charge is 2.33. The molecular weight excluding hydrogens is 248 g/mol. The molecule has 106 valence electrons. The molecule has 3 unspecified atom stereocenters. The molecule has 4 heteroatoms. The van der Waals surface area contributed by atoms with E-state index >= 15 is 0 Å². The van der Waals surface area contributed by atoms with Crippen LogP contribution in [0.4, 0.5) is 0 Å². The average molecular weight is 275 g/mol. The summed E-state index contributed by atoms with van der Waals surface area (Å²) in [5.74, 6) is 1.89. The van der Waals surface area contributed by atoms with Crippen LogP contribution < -0.4 is 5.32 Å². The van der Waals surface area contributed by atoms with E-state index in [1.54, 1.807) is 0 Å². The number of carbonyl (C=O) groups excluding carboxylic acids is 1. The Morgan fingerprint density at radius 3 is 2.50 bits per heavy atom. The fourth-order valence-corrected chi connectivity index (χ4v) is 3.12. The lowest BCUT2D eigenvalue weighted by atomic mass is 9.84. The SMILES string of the molecule is CC1CCCC(N(C)C(=O)C(C)C2CNC2)C1.Cl. The van der Waals surface area contributed by atoms with E-state index in [-0.39, 0.29) is 18.3 Å². The van der Waals surface area contributed by atoms with Gasteiger partial charge in [-0.3, -0.25) is 4.79 Å². The standard InChI is InChI=1S/C14H26N2O.ClH/c1-10-5-4-6-13(7-10)16(3)14(17)11(2)12-8-15-9-12;/h10-13,15H,4-9H2,1-3H3;1H. The van der Waals surface area contributed by atoms with E-state index in [2.05, 4.69) is 19.2 Å². The van der Waals surface area contributed by atoms with Gasteiger partial charge in [0.1, 0.15) is 0 Å². The predicted octanol–water partition coefficient (Wildman–Crippen LogP) is 2.30. The van der Waals surface area contributed by atoms with Gasteiger partial charge in [0.2, 0.25) is 5.91 Å². The molecule has 18 heavy (non-hydrogen) atoms. The number of hydrogen-bond acceptors (Lipinski definition) is 2. The fraction of sp³-hybridized carbons (Fsp3) is 0.929. The van der Waals surface area contributed by atoms with Crippen molar-refractivity contribution >= 4 is 18.3 Å². The van der Waals surface area contributed by atoms with Crippen LogP contribution in [0.3, 0.4) is 0 Å². The van der Waals surface area contributed by atoms with Crippen molar-refractivity contribution in [2.45, 2.75) is 45.6 Å². The van der Waals surface area contributed by atoms with Crippen molar-refractivity contribution in [2.24, 2.45) is 17.8 Å². The molecule has 0 aromatic heterocycles. The van der Waals surface area contributed by atoms with Crippen LogP contribution in [-0.4, -0.2) is 37.0 Å². The zero-order valence-corrected chi connectivity index (χ0v) is 12.6. The average Bonchev–Trinajstić information content (AvgIpc) is 2.24. The highest BCUT2D eigenvalue weighted by molar-refractivity contribution is 5.85. The molecule has 0 aromatic carbocycles. The van der Waals surface area contributed by atoms with Crippen LogP contribution in [0.25, 0.3) is 0 Å². The first-order valence-corrected chi connectivity index (χ1v) is 7.07. The summed E-state index contributed by atoms with van der Waals surface area (Å²) in [4.78, 5) is 14.4. The molecule has 1 heterocycles. The molecule has 0 spiro atoms. The van der Waals surface area contributed by atoms with Gasteiger partial charge in [0.25, 0.3) is 0 Å². The summed E-state index contributed by atoms with van der Waals surface area (Å²) in [6.07, 6.45) is 5.00. The molecule has 3 nitrogen and oxygen atoms in total. The Labute approximate surface area is 117 Å². The van der Waals surface area contributed by atoms with Crippen LogP contribution in [0, 0.1) is 17.8 Å². The van der Waals surface area contributed by atoms with E-state index in [0.29, 0.717) is 17.9 Å². The van der Waals surface area contributed by atoms with Gasteiger partial charge >= 0.3 is 0 Å². The molecule has 1 aliphatic heterocycles. The van der Waals surface area contributed by atoms with Gasteiger partial charge in [0.05, 0.1) is 0 Å². The van der Waals surface area contributed by atoms with Crippen molar-refractivity contribution in [2.75, 3.05) is 20.1 Å². The highest BCUT2D eigenvalue weighted by Crippen LogP contribution is 2.28. The van der Waals surface area contributed by atoms with Gasteiger partial charge in [-0.05, 0) is 37.8 Å². The van der Waals surface area contributed by atoms with E-state index in [9.17, 15) is 4.79 Å². The first kappa shape index (κ1) is 15.8. The van der Waals surface area contributed by atoms with Crippen LogP contribution in [0.15, 0.2) is 0 Å². The minimum atomic E-state index is 0. The maximum absolute atomic E-state index is 12.4. The lowest BCUT2D eigenvalue weighted by Crippen LogP contribution is -2.51. The van der Waals surface area contributed by atoms with E-state index in [0.717, 1.165) is 19.0 Å². The summed E-state index contributed by atoms with van der Waals surface area (Å²) in [7, 11) is 2.01. The summed E-state index contributed by atoms with van der Waals surface area (Å²) in [6, 6.07) is 0.488. The Bertz CT molecular complexity index is 281. The summed E-state index contributed by atoms with van der Waals surface area (Å²) in [5, 5.41) is 3.25. The smallest absolute Gasteiger partial charge is 0.225 e. The van der Waals surface area contributed by atoms with E-state index in [1.807, 2.05) is 11.9 Å². The highest BCUT2D eigenvalue weighted by atomic mass is 35.5.